The van der Waals surface area contributed by atoms with Crippen LogP contribution in [0.2, 0.25) is 5.02 Å². The number of carbonyl (C=O) groups excluding carboxylic acids is 1. The second-order valence-electron chi connectivity index (χ2n) is 5.09. The smallest absolute Gasteiger partial charge is 0.326 e. The maximum Gasteiger partial charge on any atom is 0.326 e. The van der Waals surface area contributed by atoms with E-state index in [4.69, 9.17) is 16.7 Å². The van der Waals surface area contributed by atoms with E-state index in [9.17, 15) is 9.59 Å². The molecule has 1 aromatic carbocycles. The monoisotopic (exact) mass is 269 g/mol. The molecule has 98 valence electrons. The maximum atomic E-state index is 12.0. The molecule has 1 aromatic rings. The van der Waals surface area contributed by atoms with Crippen molar-refractivity contribution in [3.63, 3.8) is 0 Å². The van der Waals surface area contributed by atoms with Gasteiger partial charge in [0.25, 0.3) is 5.91 Å². The summed E-state index contributed by atoms with van der Waals surface area (Å²) in [5.74, 6) is -1.55. The summed E-state index contributed by atoms with van der Waals surface area (Å²) in [6, 6.07) is 5.55. The van der Waals surface area contributed by atoms with Gasteiger partial charge >= 0.3 is 5.97 Å². The Balaban J connectivity index is 2.93. The number of hydrogen-bond donors (Lipinski definition) is 2. The van der Waals surface area contributed by atoms with Crippen LogP contribution in [0.3, 0.4) is 0 Å². The van der Waals surface area contributed by atoms with E-state index < -0.39 is 23.3 Å². The molecular formula is C13H16ClNO3. The molecule has 0 aliphatic carbocycles. The Labute approximate surface area is 111 Å². The third-order valence-corrected chi connectivity index (χ3v) is 2.84. The lowest BCUT2D eigenvalue weighted by Gasteiger charge is -2.27. The van der Waals surface area contributed by atoms with E-state index in [1.54, 1.807) is 45.0 Å². The summed E-state index contributed by atoms with van der Waals surface area (Å²) in [5, 5.41) is 11.9. The van der Waals surface area contributed by atoms with Gasteiger partial charge in [-0.25, -0.2) is 4.79 Å². The average Bonchev–Trinajstić information content (AvgIpc) is 2.24. The predicted octanol–water partition coefficient (Wildman–Crippen LogP) is 2.57. The fraction of sp³-hybridized carbons (Fsp3) is 0.385. The van der Waals surface area contributed by atoms with Crippen LogP contribution in [0.4, 0.5) is 0 Å². The highest BCUT2D eigenvalue weighted by molar-refractivity contribution is 6.33. The molecule has 0 fully saturated rings. The first kappa shape index (κ1) is 14.5. The second kappa shape index (κ2) is 5.40. The van der Waals surface area contributed by atoms with Gasteiger partial charge < -0.3 is 10.4 Å². The summed E-state index contributed by atoms with van der Waals surface area (Å²) < 4.78 is 0. The molecule has 4 nitrogen and oxygen atoms in total. The number of hydrogen-bond acceptors (Lipinski definition) is 2. The lowest BCUT2D eigenvalue weighted by Crippen LogP contribution is -2.49. The number of nitrogens with one attached hydrogen (secondary N) is 1. The highest BCUT2D eigenvalue weighted by Crippen LogP contribution is 2.21. The third kappa shape index (κ3) is 3.47. The summed E-state index contributed by atoms with van der Waals surface area (Å²) in [6.45, 7) is 5.25. The molecule has 0 spiro atoms. The van der Waals surface area contributed by atoms with Gasteiger partial charge in [0.1, 0.15) is 6.04 Å². The number of carbonyl (C=O) groups is 2. The van der Waals surface area contributed by atoms with Crippen molar-refractivity contribution in [1.29, 1.82) is 0 Å². The van der Waals surface area contributed by atoms with E-state index >= 15 is 0 Å². The van der Waals surface area contributed by atoms with Crippen LogP contribution >= 0.6 is 11.6 Å². The molecule has 2 N–H and O–H groups in total. The van der Waals surface area contributed by atoms with Crippen molar-refractivity contribution in [2.75, 3.05) is 0 Å². The van der Waals surface area contributed by atoms with Crippen molar-refractivity contribution in [3.8, 4) is 0 Å². The lowest BCUT2D eigenvalue weighted by molar-refractivity contribution is -0.142. The van der Waals surface area contributed by atoms with Crippen LogP contribution in [0.5, 0.6) is 0 Å². The van der Waals surface area contributed by atoms with Gasteiger partial charge in [0.05, 0.1) is 10.6 Å². The molecule has 1 rings (SSSR count). The van der Waals surface area contributed by atoms with Crippen molar-refractivity contribution in [1.82, 2.24) is 5.32 Å². The maximum absolute atomic E-state index is 12.0. The topological polar surface area (TPSA) is 66.4 Å². The lowest BCUT2D eigenvalue weighted by atomic mass is 9.86. The molecule has 0 bridgehead atoms. The van der Waals surface area contributed by atoms with Gasteiger partial charge in [-0.2, -0.15) is 0 Å². The fourth-order valence-electron chi connectivity index (χ4n) is 1.50. The molecule has 0 unspecified atom stereocenters. The molecule has 5 heteroatoms. The third-order valence-electron chi connectivity index (χ3n) is 2.51. The molecule has 1 atom stereocenters. The van der Waals surface area contributed by atoms with Crippen molar-refractivity contribution < 1.29 is 14.7 Å². The summed E-state index contributed by atoms with van der Waals surface area (Å²) in [7, 11) is 0. The molecule has 18 heavy (non-hydrogen) atoms. The van der Waals surface area contributed by atoms with Crippen LogP contribution in [0, 0.1) is 5.41 Å². The van der Waals surface area contributed by atoms with Crippen molar-refractivity contribution in [3.05, 3.63) is 34.9 Å². The van der Waals surface area contributed by atoms with Gasteiger partial charge in [0, 0.05) is 0 Å². The van der Waals surface area contributed by atoms with Gasteiger partial charge in [-0.3, -0.25) is 4.79 Å². The first-order chi connectivity index (χ1) is 8.23. The van der Waals surface area contributed by atoms with Crippen molar-refractivity contribution >= 4 is 23.5 Å². The van der Waals surface area contributed by atoms with E-state index in [1.807, 2.05) is 0 Å². The average molecular weight is 270 g/mol. The number of carboxylic acids is 1. The van der Waals surface area contributed by atoms with Gasteiger partial charge in [-0.05, 0) is 17.5 Å². The van der Waals surface area contributed by atoms with E-state index in [0.717, 1.165) is 0 Å². The molecule has 0 saturated carbocycles. The van der Waals surface area contributed by atoms with Gasteiger partial charge in [-0.15, -0.1) is 0 Å². The molecule has 0 saturated heterocycles. The number of carboxylic acid groups (broad SMARTS) is 1. The molecule has 0 aromatic heterocycles. The summed E-state index contributed by atoms with van der Waals surface area (Å²) in [6.07, 6.45) is 0. The Morgan fingerprint density at radius 1 is 1.28 bits per heavy atom. The van der Waals surface area contributed by atoms with E-state index in [0.29, 0.717) is 5.02 Å². The summed E-state index contributed by atoms with van der Waals surface area (Å²) in [4.78, 5) is 23.1. The molecule has 0 aliphatic heterocycles. The zero-order chi connectivity index (χ0) is 13.9. The Morgan fingerprint density at radius 3 is 2.28 bits per heavy atom. The van der Waals surface area contributed by atoms with Crippen molar-refractivity contribution in [2.24, 2.45) is 5.41 Å². The van der Waals surface area contributed by atoms with E-state index in [-0.39, 0.29) is 5.56 Å². The Kier molecular flexibility index (Phi) is 4.35. The van der Waals surface area contributed by atoms with E-state index in [2.05, 4.69) is 5.32 Å². The minimum absolute atomic E-state index is 0.273. The molecular weight excluding hydrogens is 254 g/mol. The molecule has 0 aliphatic rings. The Hall–Kier alpha value is -1.55. The van der Waals surface area contributed by atoms with Crippen LogP contribution in [-0.4, -0.2) is 23.0 Å². The van der Waals surface area contributed by atoms with Crippen LogP contribution in [0.25, 0.3) is 0 Å². The van der Waals surface area contributed by atoms with Crippen molar-refractivity contribution in [2.45, 2.75) is 26.8 Å². The predicted molar refractivity (Wildman–Crippen MR) is 69.8 cm³/mol. The Bertz CT molecular complexity index is 466. The van der Waals surface area contributed by atoms with Gasteiger partial charge in [0.15, 0.2) is 0 Å². The number of benzene rings is 1. The van der Waals surface area contributed by atoms with E-state index in [1.165, 1.54) is 0 Å². The normalized spacial score (nSPS) is 12.9. The minimum atomic E-state index is -1.07. The number of halogens is 1. The van der Waals surface area contributed by atoms with Gasteiger partial charge in [0.2, 0.25) is 0 Å². The zero-order valence-corrected chi connectivity index (χ0v) is 11.3. The first-order valence-electron chi connectivity index (χ1n) is 5.51. The standard InChI is InChI=1S/C13H16ClNO3/c1-13(2,3)10(12(17)18)15-11(16)8-6-4-5-7-9(8)14/h4-7,10H,1-3H3,(H,15,16)(H,17,18)/t10-/m0/s1. The SMILES string of the molecule is CC(C)(C)[C@@H](NC(=O)c1ccccc1Cl)C(=O)O. The zero-order valence-electron chi connectivity index (χ0n) is 10.5. The number of amides is 1. The summed E-state index contributed by atoms with van der Waals surface area (Å²) >= 11 is 5.89. The second-order valence-corrected chi connectivity index (χ2v) is 5.50. The van der Waals surface area contributed by atoms with Crippen LogP contribution in [-0.2, 0) is 4.79 Å². The van der Waals surface area contributed by atoms with Crippen LogP contribution < -0.4 is 5.32 Å². The molecule has 1 amide bonds. The Morgan fingerprint density at radius 2 is 1.83 bits per heavy atom. The highest BCUT2D eigenvalue weighted by Gasteiger charge is 2.33. The quantitative estimate of drug-likeness (QED) is 0.886. The molecule has 0 heterocycles. The highest BCUT2D eigenvalue weighted by atomic mass is 35.5. The largest absolute Gasteiger partial charge is 0.480 e. The summed E-state index contributed by atoms with van der Waals surface area (Å²) in [5.41, 5.74) is -0.308. The van der Waals surface area contributed by atoms with Gasteiger partial charge in [-0.1, -0.05) is 44.5 Å². The number of rotatable bonds is 3. The fourth-order valence-corrected chi connectivity index (χ4v) is 1.72. The molecule has 0 radical (unpaired) electrons. The van der Waals surface area contributed by atoms with Crippen LogP contribution in [0.1, 0.15) is 31.1 Å². The first-order valence-corrected chi connectivity index (χ1v) is 5.89. The minimum Gasteiger partial charge on any atom is -0.480 e. The number of aliphatic carboxylic acids is 1. The van der Waals surface area contributed by atoms with Crippen LogP contribution in [0.15, 0.2) is 24.3 Å².